The Morgan fingerprint density at radius 3 is 2.97 bits per heavy atom. The van der Waals surface area contributed by atoms with Crippen LogP contribution in [0.3, 0.4) is 0 Å². The van der Waals surface area contributed by atoms with Crippen molar-refractivity contribution in [1.82, 2.24) is 25.0 Å². The van der Waals surface area contributed by atoms with Crippen molar-refractivity contribution in [3.05, 3.63) is 53.0 Å². The smallest absolute Gasteiger partial charge is 0.407 e. The van der Waals surface area contributed by atoms with Crippen molar-refractivity contribution >= 4 is 29.0 Å². The van der Waals surface area contributed by atoms with Gasteiger partial charge in [-0.1, -0.05) is 0 Å². The van der Waals surface area contributed by atoms with Crippen LogP contribution in [0.4, 0.5) is 4.79 Å². The zero-order valence-electron chi connectivity index (χ0n) is 18.2. The van der Waals surface area contributed by atoms with Crippen molar-refractivity contribution < 1.29 is 24.2 Å². The molecule has 1 aromatic carbocycles. The summed E-state index contributed by atoms with van der Waals surface area (Å²) >= 11 is 0. The first-order chi connectivity index (χ1) is 16.0. The third-order valence-corrected chi connectivity index (χ3v) is 6.09. The number of piperazine rings is 1. The molecule has 2 aromatic heterocycles. The highest BCUT2D eigenvalue weighted by Gasteiger charge is 2.34. The molecule has 2 aliphatic heterocycles. The molecule has 3 aromatic rings. The number of carbonyl (C=O) groups is 2. The second-order valence-corrected chi connectivity index (χ2v) is 8.13. The Kier molecular flexibility index (Phi) is 5.21. The van der Waals surface area contributed by atoms with E-state index < -0.39 is 6.09 Å². The van der Waals surface area contributed by atoms with E-state index >= 15 is 0 Å². The topological polar surface area (TPSA) is 121 Å². The van der Waals surface area contributed by atoms with E-state index in [9.17, 15) is 14.7 Å². The molecular weight excluding hydrogens is 426 g/mol. The summed E-state index contributed by atoms with van der Waals surface area (Å²) in [6, 6.07) is 7.01. The molecule has 2 N–H and O–H groups in total. The van der Waals surface area contributed by atoms with E-state index in [2.05, 4.69) is 20.1 Å². The lowest BCUT2D eigenvalue weighted by Crippen LogP contribution is -2.53. The van der Waals surface area contributed by atoms with Gasteiger partial charge in [-0.25, -0.2) is 9.78 Å². The number of carboxylic acid groups (broad SMARTS) is 1. The number of carbonyl (C=O) groups excluding carboxylic acids is 1. The molecule has 0 bridgehead atoms. The maximum absolute atomic E-state index is 13.1. The number of ketones is 1. The van der Waals surface area contributed by atoms with E-state index in [1.807, 2.05) is 13.0 Å². The fraction of sp³-hybridized carbons (Fsp3) is 0.304. The SMILES string of the molecule is COc1ccc2c(c1CN1CCN(C(=O)O)[C@H](C)C1)OC(=Cc1n[nH]c3ncccc13)C2=O. The van der Waals surface area contributed by atoms with E-state index in [-0.39, 0.29) is 17.6 Å². The third-order valence-electron chi connectivity index (χ3n) is 6.09. The molecule has 1 amide bonds. The number of aromatic nitrogens is 3. The van der Waals surface area contributed by atoms with Gasteiger partial charge in [0.25, 0.3) is 0 Å². The number of hydrogen-bond donors (Lipinski definition) is 2. The number of methoxy groups -OCH3 is 1. The minimum Gasteiger partial charge on any atom is -0.496 e. The molecule has 0 aliphatic carbocycles. The van der Waals surface area contributed by atoms with Crippen LogP contribution in [-0.2, 0) is 6.54 Å². The van der Waals surface area contributed by atoms with Crippen molar-refractivity contribution in [2.45, 2.75) is 19.5 Å². The minimum atomic E-state index is -0.912. The molecule has 2 aliphatic rings. The van der Waals surface area contributed by atoms with Crippen LogP contribution in [0.1, 0.15) is 28.5 Å². The number of rotatable bonds is 4. The highest BCUT2D eigenvalue weighted by Crippen LogP contribution is 2.41. The predicted octanol–water partition coefficient (Wildman–Crippen LogP) is 2.77. The van der Waals surface area contributed by atoms with E-state index in [0.717, 1.165) is 10.9 Å². The van der Waals surface area contributed by atoms with Crippen LogP contribution in [0, 0.1) is 0 Å². The number of hydrogen-bond acceptors (Lipinski definition) is 7. The zero-order chi connectivity index (χ0) is 23.1. The Hall–Kier alpha value is -3.92. The van der Waals surface area contributed by atoms with Crippen LogP contribution in [0.5, 0.6) is 11.5 Å². The summed E-state index contributed by atoms with van der Waals surface area (Å²) in [6.07, 6.45) is 2.37. The van der Waals surface area contributed by atoms with E-state index in [4.69, 9.17) is 9.47 Å². The maximum Gasteiger partial charge on any atom is 0.407 e. The fourth-order valence-corrected chi connectivity index (χ4v) is 4.42. The summed E-state index contributed by atoms with van der Waals surface area (Å²) in [7, 11) is 1.58. The molecule has 0 unspecified atom stereocenters. The van der Waals surface area contributed by atoms with Gasteiger partial charge >= 0.3 is 6.09 Å². The molecular formula is C23H23N5O5. The summed E-state index contributed by atoms with van der Waals surface area (Å²) < 4.78 is 11.6. The number of nitrogens with zero attached hydrogens (tertiary/aromatic N) is 4. The normalized spacial score (nSPS) is 19.7. The van der Waals surface area contributed by atoms with Crippen LogP contribution in [0.25, 0.3) is 17.1 Å². The van der Waals surface area contributed by atoms with Crippen LogP contribution in [0.2, 0.25) is 0 Å². The van der Waals surface area contributed by atoms with E-state index in [1.165, 1.54) is 4.90 Å². The molecule has 33 heavy (non-hydrogen) atoms. The molecule has 10 heteroatoms. The van der Waals surface area contributed by atoms with Crippen molar-refractivity contribution in [2.24, 2.45) is 0 Å². The number of Topliss-reactive ketones (excluding diaryl/α,β-unsaturated/α-hetero) is 1. The van der Waals surface area contributed by atoms with Crippen LogP contribution in [-0.4, -0.2) is 74.8 Å². The monoisotopic (exact) mass is 449 g/mol. The number of aromatic amines is 1. The Bertz CT molecular complexity index is 1280. The van der Waals surface area contributed by atoms with Gasteiger partial charge in [0.2, 0.25) is 5.78 Å². The number of pyridine rings is 1. The third kappa shape index (κ3) is 3.68. The largest absolute Gasteiger partial charge is 0.496 e. The van der Waals surface area contributed by atoms with Gasteiger partial charge in [-0.15, -0.1) is 0 Å². The summed E-state index contributed by atoms with van der Waals surface area (Å²) in [5.41, 5.74) is 2.43. The molecule has 170 valence electrons. The number of fused-ring (bicyclic) bond motifs is 2. The Morgan fingerprint density at radius 1 is 1.36 bits per heavy atom. The van der Waals surface area contributed by atoms with Gasteiger partial charge < -0.3 is 19.5 Å². The van der Waals surface area contributed by atoms with Crippen LogP contribution in [0.15, 0.2) is 36.2 Å². The number of allylic oxidation sites excluding steroid dienone is 1. The maximum atomic E-state index is 13.1. The highest BCUT2D eigenvalue weighted by atomic mass is 16.5. The number of amides is 1. The second kappa shape index (κ2) is 8.21. The molecule has 0 saturated carbocycles. The first-order valence-corrected chi connectivity index (χ1v) is 10.6. The van der Waals surface area contributed by atoms with Gasteiger partial charge in [0.15, 0.2) is 11.4 Å². The van der Waals surface area contributed by atoms with Crippen LogP contribution < -0.4 is 9.47 Å². The molecule has 5 rings (SSSR count). The molecule has 0 radical (unpaired) electrons. The molecule has 1 saturated heterocycles. The quantitative estimate of drug-likeness (QED) is 0.584. The average Bonchev–Trinajstić information content (AvgIpc) is 3.35. The van der Waals surface area contributed by atoms with E-state index in [0.29, 0.717) is 54.6 Å². The molecule has 4 heterocycles. The Balaban J connectivity index is 1.45. The summed E-state index contributed by atoms with van der Waals surface area (Å²) in [6.45, 7) is 3.92. The lowest BCUT2D eigenvalue weighted by Gasteiger charge is -2.38. The van der Waals surface area contributed by atoms with Gasteiger partial charge in [-0.2, -0.15) is 5.10 Å². The second-order valence-electron chi connectivity index (χ2n) is 8.13. The number of H-pyrrole nitrogens is 1. The first-order valence-electron chi connectivity index (χ1n) is 10.6. The zero-order valence-corrected chi connectivity index (χ0v) is 18.2. The van der Waals surface area contributed by atoms with Crippen LogP contribution >= 0.6 is 0 Å². The predicted molar refractivity (Wildman–Crippen MR) is 119 cm³/mol. The minimum absolute atomic E-state index is 0.140. The molecule has 10 nitrogen and oxygen atoms in total. The Morgan fingerprint density at radius 2 is 2.21 bits per heavy atom. The van der Waals surface area contributed by atoms with Gasteiger partial charge in [0.1, 0.15) is 11.5 Å². The average molecular weight is 449 g/mol. The first kappa shape index (κ1) is 21.0. The lowest BCUT2D eigenvalue weighted by molar-refractivity contribution is 0.0705. The number of nitrogens with one attached hydrogen (secondary N) is 1. The van der Waals surface area contributed by atoms with Gasteiger partial charge in [0, 0.05) is 49.9 Å². The summed E-state index contributed by atoms with van der Waals surface area (Å²) in [5, 5.41) is 17.2. The van der Waals surface area contributed by atoms with Gasteiger partial charge in [-0.05, 0) is 31.2 Å². The number of benzene rings is 1. The standard InChI is InChI=1S/C23H23N5O5/c1-13-11-27(8-9-28(13)23(30)31)12-16-18(32-2)6-5-15-20(29)19(33-21(15)16)10-17-14-4-3-7-24-22(14)26-25-17/h3-7,10,13H,8-9,11-12H2,1-2H3,(H,30,31)(H,24,25,26)/t13-/m1/s1. The summed E-state index contributed by atoms with van der Waals surface area (Å²) in [4.78, 5) is 32.3. The van der Waals surface area contributed by atoms with Crippen molar-refractivity contribution in [1.29, 1.82) is 0 Å². The van der Waals surface area contributed by atoms with Gasteiger partial charge in [0.05, 0.1) is 23.9 Å². The Labute approximate surface area is 189 Å². The molecule has 1 fully saturated rings. The van der Waals surface area contributed by atoms with Crippen molar-refractivity contribution in [2.75, 3.05) is 26.7 Å². The molecule has 1 atom stereocenters. The van der Waals surface area contributed by atoms with Crippen molar-refractivity contribution in [3.63, 3.8) is 0 Å². The number of ether oxygens (including phenoxy) is 2. The lowest BCUT2D eigenvalue weighted by atomic mass is 10.0. The van der Waals surface area contributed by atoms with Crippen molar-refractivity contribution in [3.8, 4) is 11.5 Å². The fourth-order valence-electron chi connectivity index (χ4n) is 4.42. The molecule has 0 spiro atoms. The van der Waals surface area contributed by atoms with E-state index in [1.54, 1.807) is 37.6 Å². The summed E-state index contributed by atoms with van der Waals surface area (Å²) in [5.74, 6) is 1.04. The highest BCUT2D eigenvalue weighted by molar-refractivity contribution is 6.15. The van der Waals surface area contributed by atoms with Gasteiger partial charge in [-0.3, -0.25) is 14.8 Å².